The van der Waals surface area contributed by atoms with Crippen molar-refractivity contribution in [1.29, 1.82) is 0 Å². The van der Waals surface area contributed by atoms with Crippen LogP contribution in [0, 0.1) is 5.92 Å². The van der Waals surface area contributed by atoms with Crippen molar-refractivity contribution in [1.82, 2.24) is 4.72 Å². The molecule has 1 aromatic rings. The van der Waals surface area contributed by atoms with Gasteiger partial charge in [0.05, 0.1) is 4.90 Å². The minimum atomic E-state index is -3.43. The first kappa shape index (κ1) is 13.8. The fourth-order valence-corrected chi connectivity index (χ4v) is 3.90. The maximum Gasteiger partial charge on any atom is 0.240 e. The summed E-state index contributed by atoms with van der Waals surface area (Å²) in [6, 6.07) is 6.43. The lowest BCUT2D eigenvalue weighted by atomic mass is 9.88. The summed E-state index contributed by atoms with van der Waals surface area (Å²) < 4.78 is 27.1. The molecule has 0 saturated heterocycles. The van der Waals surface area contributed by atoms with Crippen molar-refractivity contribution in [2.45, 2.75) is 43.5 Å². The highest BCUT2D eigenvalue weighted by Crippen LogP contribution is 2.25. The van der Waals surface area contributed by atoms with Crippen LogP contribution >= 0.6 is 11.6 Å². The molecule has 0 bridgehead atoms. The van der Waals surface area contributed by atoms with Crippen molar-refractivity contribution in [2.75, 3.05) is 0 Å². The molecule has 1 N–H and O–H groups in total. The van der Waals surface area contributed by atoms with E-state index in [1.165, 1.54) is 6.07 Å². The zero-order valence-corrected chi connectivity index (χ0v) is 12.0. The zero-order chi connectivity index (χ0) is 13.2. The Morgan fingerprint density at radius 1 is 1.22 bits per heavy atom. The van der Waals surface area contributed by atoms with Gasteiger partial charge < -0.3 is 0 Å². The van der Waals surface area contributed by atoms with Crippen LogP contribution in [0.2, 0.25) is 5.02 Å². The molecule has 0 spiro atoms. The summed E-state index contributed by atoms with van der Waals surface area (Å²) in [7, 11) is -3.43. The van der Waals surface area contributed by atoms with Gasteiger partial charge in [-0.05, 0) is 49.8 Å². The molecule has 0 atom stereocenters. The maximum atomic E-state index is 12.2. The topological polar surface area (TPSA) is 46.2 Å². The summed E-state index contributed by atoms with van der Waals surface area (Å²) in [6.07, 6.45) is 4.01. The van der Waals surface area contributed by atoms with E-state index in [1.807, 2.05) is 0 Å². The standard InChI is InChI=1S/C13H18ClNO2S/c1-10-5-7-12(8-6-10)15-18(16,17)13-4-2-3-11(14)9-13/h2-4,9-10,12,15H,5-8H2,1H3. The number of benzene rings is 1. The SMILES string of the molecule is CC1CCC(NS(=O)(=O)c2cccc(Cl)c2)CC1. The van der Waals surface area contributed by atoms with Crippen molar-refractivity contribution in [3.05, 3.63) is 29.3 Å². The minimum absolute atomic E-state index is 0.0604. The van der Waals surface area contributed by atoms with E-state index in [0.29, 0.717) is 10.9 Å². The summed E-state index contributed by atoms with van der Waals surface area (Å²) in [5.41, 5.74) is 0. The molecule has 1 fully saturated rings. The number of rotatable bonds is 3. The predicted octanol–water partition coefficient (Wildman–Crippen LogP) is 3.20. The molecular weight excluding hydrogens is 270 g/mol. The monoisotopic (exact) mass is 287 g/mol. The van der Waals surface area contributed by atoms with E-state index in [2.05, 4.69) is 11.6 Å². The average molecular weight is 288 g/mol. The molecule has 5 heteroatoms. The Bertz CT molecular complexity index is 507. The Morgan fingerprint density at radius 3 is 2.50 bits per heavy atom. The Kier molecular flexibility index (Phi) is 4.30. The lowest BCUT2D eigenvalue weighted by molar-refractivity contribution is 0.332. The normalized spacial score (nSPS) is 25.0. The third-order valence-corrected chi connectivity index (χ3v) is 5.20. The Morgan fingerprint density at radius 2 is 1.89 bits per heavy atom. The molecular formula is C13H18ClNO2S. The number of hydrogen-bond acceptors (Lipinski definition) is 2. The van der Waals surface area contributed by atoms with Crippen LogP contribution < -0.4 is 4.72 Å². The van der Waals surface area contributed by atoms with Crippen molar-refractivity contribution in [2.24, 2.45) is 5.92 Å². The molecule has 0 amide bonds. The highest BCUT2D eigenvalue weighted by Gasteiger charge is 2.24. The van der Waals surface area contributed by atoms with Gasteiger partial charge in [-0.3, -0.25) is 0 Å². The summed E-state index contributed by atoms with van der Waals surface area (Å²) in [4.78, 5) is 0.244. The molecule has 100 valence electrons. The molecule has 1 saturated carbocycles. The molecule has 2 rings (SSSR count). The summed E-state index contributed by atoms with van der Waals surface area (Å²) in [5, 5.41) is 0.440. The van der Waals surface area contributed by atoms with Gasteiger partial charge in [-0.15, -0.1) is 0 Å². The van der Waals surface area contributed by atoms with Crippen LogP contribution in [0.1, 0.15) is 32.6 Å². The summed E-state index contributed by atoms with van der Waals surface area (Å²) >= 11 is 5.82. The van der Waals surface area contributed by atoms with Gasteiger partial charge in [0.15, 0.2) is 0 Å². The smallest absolute Gasteiger partial charge is 0.208 e. The van der Waals surface area contributed by atoms with E-state index in [1.54, 1.807) is 18.2 Å². The second-order valence-electron chi connectivity index (χ2n) is 5.04. The lowest BCUT2D eigenvalue weighted by Gasteiger charge is -2.26. The molecule has 3 nitrogen and oxygen atoms in total. The van der Waals surface area contributed by atoms with Crippen LogP contribution in [0.4, 0.5) is 0 Å². The van der Waals surface area contributed by atoms with E-state index in [-0.39, 0.29) is 10.9 Å². The number of hydrogen-bond donors (Lipinski definition) is 1. The molecule has 0 heterocycles. The first-order valence-electron chi connectivity index (χ1n) is 6.25. The predicted molar refractivity (Wildman–Crippen MR) is 73.2 cm³/mol. The lowest BCUT2D eigenvalue weighted by Crippen LogP contribution is -2.37. The van der Waals surface area contributed by atoms with Gasteiger partial charge in [-0.2, -0.15) is 0 Å². The van der Waals surface area contributed by atoms with E-state index in [0.717, 1.165) is 25.7 Å². The molecule has 1 aromatic carbocycles. The van der Waals surface area contributed by atoms with Gasteiger partial charge in [0.2, 0.25) is 10.0 Å². The van der Waals surface area contributed by atoms with E-state index < -0.39 is 10.0 Å². The Hall–Kier alpha value is -0.580. The van der Waals surface area contributed by atoms with E-state index in [4.69, 9.17) is 11.6 Å². The Labute approximate surface area is 114 Å². The van der Waals surface area contributed by atoms with Crippen molar-refractivity contribution in [3.8, 4) is 0 Å². The van der Waals surface area contributed by atoms with Gasteiger partial charge in [-0.1, -0.05) is 24.6 Å². The van der Waals surface area contributed by atoms with Gasteiger partial charge in [-0.25, -0.2) is 13.1 Å². The van der Waals surface area contributed by atoms with Gasteiger partial charge in [0.1, 0.15) is 0 Å². The fraction of sp³-hybridized carbons (Fsp3) is 0.538. The van der Waals surface area contributed by atoms with Gasteiger partial charge in [0, 0.05) is 11.1 Å². The van der Waals surface area contributed by atoms with Gasteiger partial charge in [0.25, 0.3) is 0 Å². The minimum Gasteiger partial charge on any atom is -0.208 e. The first-order valence-corrected chi connectivity index (χ1v) is 8.11. The number of nitrogens with one attached hydrogen (secondary N) is 1. The van der Waals surface area contributed by atoms with Crippen molar-refractivity contribution < 1.29 is 8.42 Å². The van der Waals surface area contributed by atoms with Crippen molar-refractivity contribution in [3.63, 3.8) is 0 Å². The quantitative estimate of drug-likeness (QED) is 0.928. The molecule has 1 aliphatic carbocycles. The second-order valence-corrected chi connectivity index (χ2v) is 7.19. The zero-order valence-electron chi connectivity index (χ0n) is 10.4. The highest BCUT2D eigenvalue weighted by atomic mass is 35.5. The molecule has 1 aliphatic rings. The molecule has 0 radical (unpaired) electrons. The first-order chi connectivity index (χ1) is 8.47. The molecule has 18 heavy (non-hydrogen) atoms. The van der Waals surface area contributed by atoms with Crippen molar-refractivity contribution >= 4 is 21.6 Å². The van der Waals surface area contributed by atoms with E-state index >= 15 is 0 Å². The average Bonchev–Trinajstić information content (AvgIpc) is 2.32. The third kappa shape index (κ3) is 3.46. The van der Waals surface area contributed by atoms with Gasteiger partial charge >= 0.3 is 0 Å². The third-order valence-electron chi connectivity index (χ3n) is 3.44. The second kappa shape index (κ2) is 5.59. The Balaban J connectivity index is 2.08. The van der Waals surface area contributed by atoms with Crippen LogP contribution in [-0.2, 0) is 10.0 Å². The summed E-state index contributed by atoms with van der Waals surface area (Å²) in [5.74, 6) is 0.705. The maximum absolute atomic E-state index is 12.2. The van der Waals surface area contributed by atoms with Crippen LogP contribution in [-0.4, -0.2) is 14.5 Å². The number of halogens is 1. The fourth-order valence-electron chi connectivity index (χ4n) is 2.30. The number of sulfonamides is 1. The highest BCUT2D eigenvalue weighted by molar-refractivity contribution is 7.89. The van der Waals surface area contributed by atoms with E-state index in [9.17, 15) is 8.42 Å². The van der Waals surface area contributed by atoms with Crippen LogP contribution in [0.15, 0.2) is 29.2 Å². The molecule has 0 aromatic heterocycles. The summed E-state index contributed by atoms with van der Waals surface area (Å²) in [6.45, 7) is 2.21. The molecule has 0 aliphatic heterocycles. The largest absolute Gasteiger partial charge is 0.240 e. The van der Waals surface area contributed by atoms with Crippen LogP contribution in [0.25, 0.3) is 0 Å². The van der Waals surface area contributed by atoms with Crippen LogP contribution in [0.5, 0.6) is 0 Å². The van der Waals surface area contributed by atoms with Crippen LogP contribution in [0.3, 0.4) is 0 Å². The molecule has 0 unspecified atom stereocenters.